The Labute approximate surface area is 116 Å². The lowest BCUT2D eigenvalue weighted by molar-refractivity contribution is 0.0974. The number of ether oxygens (including phenoxy) is 1. The number of carbonyl (C=O) groups excluding carboxylic acids is 1. The van der Waals surface area contributed by atoms with Crippen LogP contribution in [0.25, 0.3) is 0 Å². The molecule has 2 rings (SSSR count). The Bertz CT molecular complexity index is 560. The van der Waals surface area contributed by atoms with Gasteiger partial charge >= 0.3 is 0 Å². The average Bonchev–Trinajstić information content (AvgIpc) is 2.49. The standard InChI is InChI=1S/C14H14FN3O2/c1-20-9-8-18(13-4-2-3-7-16-13)14(19)11-5-6-12(15)17-10-11/h2-7,10H,8-9H2,1H3. The normalized spacial score (nSPS) is 10.3. The molecule has 0 unspecified atom stereocenters. The molecule has 1 amide bonds. The number of carbonyl (C=O) groups is 1. The largest absolute Gasteiger partial charge is 0.383 e. The molecule has 0 bridgehead atoms. The second-order valence-electron chi connectivity index (χ2n) is 4.01. The summed E-state index contributed by atoms with van der Waals surface area (Å²) in [5.74, 6) is -0.407. The van der Waals surface area contributed by atoms with Crippen molar-refractivity contribution in [3.8, 4) is 0 Å². The van der Waals surface area contributed by atoms with Crippen LogP contribution in [0, 0.1) is 5.95 Å². The van der Waals surface area contributed by atoms with Crippen molar-refractivity contribution in [2.45, 2.75) is 0 Å². The third kappa shape index (κ3) is 3.36. The number of aromatic nitrogens is 2. The molecule has 0 saturated heterocycles. The Balaban J connectivity index is 2.26. The van der Waals surface area contributed by atoms with Gasteiger partial charge in [-0.1, -0.05) is 6.07 Å². The van der Waals surface area contributed by atoms with Gasteiger partial charge in [-0.25, -0.2) is 9.97 Å². The first-order chi connectivity index (χ1) is 9.72. The van der Waals surface area contributed by atoms with Gasteiger partial charge in [-0.15, -0.1) is 0 Å². The smallest absolute Gasteiger partial charge is 0.261 e. The summed E-state index contributed by atoms with van der Waals surface area (Å²) >= 11 is 0. The van der Waals surface area contributed by atoms with Crippen LogP contribution in [0.4, 0.5) is 10.2 Å². The quantitative estimate of drug-likeness (QED) is 0.782. The fourth-order valence-electron chi connectivity index (χ4n) is 1.67. The Kier molecular flexibility index (Phi) is 4.73. The van der Waals surface area contributed by atoms with Gasteiger partial charge in [-0.2, -0.15) is 4.39 Å². The van der Waals surface area contributed by atoms with Crippen LogP contribution in [-0.4, -0.2) is 36.1 Å². The molecule has 0 fully saturated rings. The van der Waals surface area contributed by atoms with Gasteiger partial charge < -0.3 is 4.74 Å². The summed E-state index contributed by atoms with van der Waals surface area (Å²) in [5.41, 5.74) is 0.299. The molecule has 0 atom stereocenters. The predicted molar refractivity (Wildman–Crippen MR) is 72.0 cm³/mol. The van der Waals surface area contributed by atoms with E-state index in [4.69, 9.17) is 4.74 Å². The van der Waals surface area contributed by atoms with Crippen LogP contribution in [0.1, 0.15) is 10.4 Å². The minimum atomic E-state index is -0.622. The molecule has 0 aromatic carbocycles. The van der Waals surface area contributed by atoms with Gasteiger partial charge in [-0.3, -0.25) is 9.69 Å². The van der Waals surface area contributed by atoms with E-state index in [-0.39, 0.29) is 5.91 Å². The SMILES string of the molecule is COCCN(C(=O)c1ccc(F)nc1)c1ccccn1. The van der Waals surface area contributed by atoms with E-state index in [0.29, 0.717) is 24.5 Å². The van der Waals surface area contributed by atoms with Crippen LogP contribution in [0.2, 0.25) is 0 Å². The van der Waals surface area contributed by atoms with Gasteiger partial charge in [0.25, 0.3) is 5.91 Å². The third-order valence-corrected chi connectivity index (χ3v) is 2.66. The van der Waals surface area contributed by atoms with Crippen LogP contribution >= 0.6 is 0 Å². The Morgan fingerprint density at radius 1 is 1.30 bits per heavy atom. The van der Waals surface area contributed by atoms with Gasteiger partial charge in [0, 0.05) is 19.5 Å². The Morgan fingerprint density at radius 3 is 2.75 bits per heavy atom. The first-order valence-electron chi connectivity index (χ1n) is 6.06. The minimum absolute atomic E-state index is 0.298. The summed E-state index contributed by atoms with van der Waals surface area (Å²) in [6, 6.07) is 7.83. The summed E-state index contributed by atoms with van der Waals surface area (Å²) in [7, 11) is 1.56. The maximum Gasteiger partial charge on any atom is 0.261 e. The number of anilines is 1. The topological polar surface area (TPSA) is 55.3 Å². The zero-order valence-electron chi connectivity index (χ0n) is 11.0. The molecule has 0 aliphatic rings. The van der Waals surface area contributed by atoms with Gasteiger partial charge in [0.1, 0.15) is 5.82 Å². The average molecular weight is 275 g/mol. The van der Waals surface area contributed by atoms with E-state index in [1.807, 2.05) is 0 Å². The van der Waals surface area contributed by atoms with Crippen molar-refractivity contribution in [3.63, 3.8) is 0 Å². The highest BCUT2D eigenvalue weighted by atomic mass is 19.1. The van der Waals surface area contributed by atoms with Crippen LogP contribution < -0.4 is 4.90 Å². The van der Waals surface area contributed by atoms with Crippen molar-refractivity contribution in [2.24, 2.45) is 0 Å². The number of methoxy groups -OCH3 is 1. The van der Waals surface area contributed by atoms with Crippen molar-refractivity contribution in [1.82, 2.24) is 9.97 Å². The zero-order valence-corrected chi connectivity index (χ0v) is 11.0. The lowest BCUT2D eigenvalue weighted by atomic mass is 10.2. The summed E-state index contributed by atoms with van der Waals surface area (Å²) < 4.78 is 17.8. The van der Waals surface area contributed by atoms with E-state index in [1.54, 1.807) is 31.5 Å². The fraction of sp³-hybridized carbons (Fsp3) is 0.214. The number of hydrogen-bond donors (Lipinski definition) is 0. The van der Waals surface area contributed by atoms with Gasteiger partial charge in [-0.05, 0) is 24.3 Å². The third-order valence-electron chi connectivity index (χ3n) is 2.66. The van der Waals surface area contributed by atoms with Crippen molar-refractivity contribution >= 4 is 11.7 Å². The molecule has 5 nitrogen and oxygen atoms in total. The van der Waals surface area contributed by atoms with Gasteiger partial charge in [0.2, 0.25) is 5.95 Å². The van der Waals surface area contributed by atoms with Crippen LogP contribution in [-0.2, 0) is 4.74 Å². The zero-order chi connectivity index (χ0) is 14.4. The van der Waals surface area contributed by atoms with E-state index < -0.39 is 5.95 Å². The van der Waals surface area contributed by atoms with E-state index in [2.05, 4.69) is 9.97 Å². The molecule has 104 valence electrons. The molecule has 20 heavy (non-hydrogen) atoms. The molecule has 2 aromatic rings. The van der Waals surface area contributed by atoms with E-state index in [9.17, 15) is 9.18 Å². The van der Waals surface area contributed by atoms with Crippen LogP contribution in [0.3, 0.4) is 0 Å². The van der Waals surface area contributed by atoms with E-state index in [1.165, 1.54) is 17.2 Å². The van der Waals surface area contributed by atoms with Crippen molar-refractivity contribution in [1.29, 1.82) is 0 Å². The molecule has 2 heterocycles. The van der Waals surface area contributed by atoms with Crippen LogP contribution in [0.5, 0.6) is 0 Å². The molecular weight excluding hydrogens is 261 g/mol. The monoisotopic (exact) mass is 275 g/mol. The first-order valence-corrected chi connectivity index (χ1v) is 6.06. The summed E-state index contributed by atoms with van der Waals surface area (Å²) in [6.07, 6.45) is 2.81. The summed E-state index contributed by atoms with van der Waals surface area (Å²) in [4.78, 5) is 21.5. The molecule has 0 aliphatic heterocycles. The number of hydrogen-bond acceptors (Lipinski definition) is 4. The highest BCUT2D eigenvalue weighted by Gasteiger charge is 2.18. The van der Waals surface area contributed by atoms with Crippen molar-refractivity contribution < 1.29 is 13.9 Å². The number of pyridine rings is 2. The number of rotatable bonds is 5. The Morgan fingerprint density at radius 2 is 2.15 bits per heavy atom. The number of amides is 1. The highest BCUT2D eigenvalue weighted by Crippen LogP contribution is 2.13. The second-order valence-corrected chi connectivity index (χ2v) is 4.01. The molecule has 0 radical (unpaired) electrons. The molecule has 0 saturated carbocycles. The molecular formula is C14H14FN3O2. The fourth-order valence-corrected chi connectivity index (χ4v) is 1.67. The van der Waals surface area contributed by atoms with Gasteiger partial charge in [0.15, 0.2) is 0 Å². The molecule has 6 heteroatoms. The number of halogens is 1. The lowest BCUT2D eigenvalue weighted by Crippen LogP contribution is -2.34. The maximum atomic E-state index is 12.8. The highest BCUT2D eigenvalue weighted by molar-refractivity contribution is 6.05. The van der Waals surface area contributed by atoms with Crippen molar-refractivity contribution in [3.05, 3.63) is 54.2 Å². The van der Waals surface area contributed by atoms with Crippen LogP contribution in [0.15, 0.2) is 42.7 Å². The predicted octanol–water partition coefficient (Wildman–Crippen LogP) is 1.91. The Hall–Kier alpha value is -2.34. The minimum Gasteiger partial charge on any atom is -0.383 e. The maximum absolute atomic E-state index is 12.8. The summed E-state index contributed by atoms with van der Waals surface area (Å²) in [6.45, 7) is 0.723. The molecule has 0 N–H and O–H groups in total. The van der Waals surface area contributed by atoms with Gasteiger partial charge in [0.05, 0.1) is 18.7 Å². The van der Waals surface area contributed by atoms with E-state index in [0.717, 1.165) is 6.07 Å². The molecule has 0 aliphatic carbocycles. The number of nitrogens with zero attached hydrogens (tertiary/aromatic N) is 3. The van der Waals surface area contributed by atoms with E-state index >= 15 is 0 Å². The first kappa shape index (κ1) is 14.1. The molecule has 0 spiro atoms. The molecule has 2 aromatic heterocycles. The van der Waals surface area contributed by atoms with Crippen molar-refractivity contribution in [2.75, 3.05) is 25.2 Å². The lowest BCUT2D eigenvalue weighted by Gasteiger charge is -2.21. The second kappa shape index (κ2) is 6.72. The summed E-state index contributed by atoms with van der Waals surface area (Å²) in [5, 5.41) is 0.